The molecular weight excluding hydrogens is 306 g/mol. The van der Waals surface area contributed by atoms with Crippen LogP contribution in [0.1, 0.15) is 22.8 Å². The molecule has 2 aromatic rings. The lowest BCUT2D eigenvalue weighted by molar-refractivity contribution is -0.121. The highest BCUT2D eigenvalue weighted by atomic mass is 16.5. The molecule has 0 aromatic heterocycles. The van der Waals surface area contributed by atoms with Gasteiger partial charge in [0.15, 0.2) is 5.78 Å². The maximum Gasteiger partial charge on any atom is 0.231 e. The molecule has 0 unspecified atom stereocenters. The van der Waals surface area contributed by atoms with Crippen molar-refractivity contribution >= 4 is 17.4 Å². The SMILES string of the molecule is COc1ccc2c(c1)C[C@H](C(=O)Nc1ccc(C(C)=O)cc1)CO2. The highest BCUT2D eigenvalue weighted by molar-refractivity contribution is 5.96. The Morgan fingerprint density at radius 2 is 1.92 bits per heavy atom. The number of anilines is 1. The summed E-state index contributed by atoms with van der Waals surface area (Å²) in [6.45, 7) is 1.86. The Labute approximate surface area is 140 Å². The molecule has 1 atom stereocenters. The number of hydrogen-bond donors (Lipinski definition) is 1. The average Bonchev–Trinajstić information content (AvgIpc) is 2.61. The third-order valence-corrected chi connectivity index (χ3v) is 4.10. The highest BCUT2D eigenvalue weighted by Gasteiger charge is 2.26. The number of ether oxygens (including phenoxy) is 2. The second-order valence-corrected chi connectivity index (χ2v) is 5.81. The van der Waals surface area contributed by atoms with Crippen LogP contribution < -0.4 is 14.8 Å². The van der Waals surface area contributed by atoms with Crippen molar-refractivity contribution in [2.45, 2.75) is 13.3 Å². The van der Waals surface area contributed by atoms with Gasteiger partial charge in [-0.25, -0.2) is 0 Å². The molecule has 24 heavy (non-hydrogen) atoms. The second kappa shape index (κ2) is 6.74. The van der Waals surface area contributed by atoms with Crippen molar-refractivity contribution < 1.29 is 19.1 Å². The minimum absolute atomic E-state index is 0.000823. The summed E-state index contributed by atoms with van der Waals surface area (Å²) in [5.41, 5.74) is 2.25. The van der Waals surface area contributed by atoms with E-state index in [2.05, 4.69) is 5.32 Å². The fraction of sp³-hybridized carbons (Fsp3) is 0.263. The molecule has 1 heterocycles. The van der Waals surface area contributed by atoms with Crippen LogP contribution in [-0.4, -0.2) is 25.4 Å². The smallest absolute Gasteiger partial charge is 0.231 e. The molecule has 1 amide bonds. The number of amides is 1. The van der Waals surface area contributed by atoms with Crippen molar-refractivity contribution in [1.29, 1.82) is 0 Å². The highest BCUT2D eigenvalue weighted by Crippen LogP contribution is 2.31. The number of carbonyl (C=O) groups is 2. The minimum Gasteiger partial charge on any atom is -0.497 e. The Morgan fingerprint density at radius 1 is 1.17 bits per heavy atom. The Balaban J connectivity index is 1.68. The van der Waals surface area contributed by atoms with Crippen molar-refractivity contribution in [3.8, 4) is 11.5 Å². The molecule has 3 rings (SSSR count). The van der Waals surface area contributed by atoms with E-state index >= 15 is 0 Å². The van der Waals surface area contributed by atoms with Crippen LogP contribution in [0, 0.1) is 5.92 Å². The van der Waals surface area contributed by atoms with Gasteiger partial charge in [0.2, 0.25) is 5.91 Å². The lowest BCUT2D eigenvalue weighted by Gasteiger charge is -2.25. The fourth-order valence-corrected chi connectivity index (χ4v) is 2.70. The van der Waals surface area contributed by atoms with Gasteiger partial charge >= 0.3 is 0 Å². The molecule has 0 saturated heterocycles. The van der Waals surface area contributed by atoms with Crippen molar-refractivity contribution in [3.63, 3.8) is 0 Å². The van der Waals surface area contributed by atoms with Gasteiger partial charge in [0.25, 0.3) is 0 Å². The topological polar surface area (TPSA) is 64.6 Å². The van der Waals surface area contributed by atoms with Gasteiger partial charge in [0.1, 0.15) is 18.1 Å². The molecule has 0 saturated carbocycles. The maximum absolute atomic E-state index is 12.5. The summed E-state index contributed by atoms with van der Waals surface area (Å²) in [5.74, 6) is 1.18. The molecular formula is C19H19NO4. The van der Waals surface area contributed by atoms with Crippen LogP contribution >= 0.6 is 0 Å². The molecule has 0 radical (unpaired) electrons. The summed E-state index contributed by atoms with van der Waals surface area (Å²) in [6.07, 6.45) is 0.601. The van der Waals surface area contributed by atoms with Crippen LogP contribution in [0.4, 0.5) is 5.69 Å². The molecule has 0 fully saturated rings. The summed E-state index contributed by atoms with van der Waals surface area (Å²) in [5, 5.41) is 2.88. The molecule has 5 heteroatoms. The lowest BCUT2D eigenvalue weighted by atomic mass is 9.95. The number of rotatable bonds is 4. The van der Waals surface area contributed by atoms with Crippen LogP contribution in [-0.2, 0) is 11.2 Å². The van der Waals surface area contributed by atoms with Gasteiger partial charge in [-0.2, -0.15) is 0 Å². The summed E-state index contributed by atoms with van der Waals surface area (Å²) >= 11 is 0. The third-order valence-electron chi connectivity index (χ3n) is 4.10. The van der Waals surface area contributed by atoms with Gasteiger partial charge < -0.3 is 14.8 Å². The normalized spacial score (nSPS) is 15.8. The maximum atomic E-state index is 12.5. The number of methoxy groups -OCH3 is 1. The summed E-state index contributed by atoms with van der Waals surface area (Å²) < 4.78 is 10.9. The predicted molar refractivity (Wildman–Crippen MR) is 90.8 cm³/mol. The largest absolute Gasteiger partial charge is 0.497 e. The van der Waals surface area contributed by atoms with Gasteiger partial charge in [0, 0.05) is 11.3 Å². The average molecular weight is 325 g/mol. The predicted octanol–water partition coefficient (Wildman–Crippen LogP) is 3.09. The fourth-order valence-electron chi connectivity index (χ4n) is 2.70. The van der Waals surface area contributed by atoms with E-state index in [-0.39, 0.29) is 17.6 Å². The Morgan fingerprint density at radius 3 is 2.58 bits per heavy atom. The molecule has 1 aliphatic heterocycles. The molecule has 124 valence electrons. The zero-order valence-electron chi connectivity index (χ0n) is 13.7. The molecule has 2 aromatic carbocycles. The summed E-state index contributed by atoms with van der Waals surface area (Å²) in [6, 6.07) is 12.5. The molecule has 1 N–H and O–H groups in total. The van der Waals surface area contributed by atoms with Crippen LogP contribution in [0.3, 0.4) is 0 Å². The lowest BCUT2D eigenvalue weighted by Crippen LogP contribution is -2.32. The van der Waals surface area contributed by atoms with Crippen LogP contribution in [0.2, 0.25) is 0 Å². The van der Waals surface area contributed by atoms with Gasteiger partial charge in [-0.3, -0.25) is 9.59 Å². The first-order chi connectivity index (χ1) is 11.6. The van der Waals surface area contributed by atoms with E-state index in [1.165, 1.54) is 6.92 Å². The number of fused-ring (bicyclic) bond motifs is 1. The van der Waals surface area contributed by atoms with Crippen LogP contribution in [0.5, 0.6) is 11.5 Å². The minimum atomic E-state index is -0.267. The molecule has 0 bridgehead atoms. The third kappa shape index (κ3) is 3.40. The Bertz CT molecular complexity index is 767. The summed E-state index contributed by atoms with van der Waals surface area (Å²) in [4.78, 5) is 23.7. The van der Waals surface area contributed by atoms with E-state index in [1.54, 1.807) is 31.4 Å². The molecule has 0 spiro atoms. The molecule has 5 nitrogen and oxygen atoms in total. The van der Waals surface area contributed by atoms with Crippen molar-refractivity contribution in [2.75, 3.05) is 19.0 Å². The number of hydrogen-bond acceptors (Lipinski definition) is 4. The van der Waals surface area contributed by atoms with Gasteiger partial charge in [-0.1, -0.05) is 0 Å². The van der Waals surface area contributed by atoms with Crippen molar-refractivity contribution in [1.82, 2.24) is 0 Å². The number of ketones is 1. The quantitative estimate of drug-likeness (QED) is 0.877. The Hall–Kier alpha value is -2.82. The Kier molecular flexibility index (Phi) is 4.51. The van der Waals surface area contributed by atoms with E-state index < -0.39 is 0 Å². The molecule has 0 aliphatic carbocycles. The first-order valence-electron chi connectivity index (χ1n) is 7.78. The van der Waals surface area contributed by atoms with Crippen molar-refractivity contribution in [3.05, 3.63) is 53.6 Å². The van der Waals surface area contributed by atoms with E-state index in [9.17, 15) is 9.59 Å². The van der Waals surface area contributed by atoms with E-state index in [0.29, 0.717) is 24.3 Å². The first-order valence-corrected chi connectivity index (χ1v) is 7.78. The zero-order chi connectivity index (χ0) is 17.1. The zero-order valence-corrected chi connectivity index (χ0v) is 13.7. The van der Waals surface area contributed by atoms with Gasteiger partial charge in [0.05, 0.1) is 13.0 Å². The van der Waals surface area contributed by atoms with E-state index in [1.807, 2.05) is 18.2 Å². The number of carbonyl (C=O) groups excluding carboxylic acids is 2. The summed E-state index contributed by atoms with van der Waals surface area (Å²) in [7, 11) is 1.61. The van der Waals surface area contributed by atoms with Gasteiger partial charge in [-0.15, -0.1) is 0 Å². The van der Waals surface area contributed by atoms with Crippen LogP contribution in [0.25, 0.3) is 0 Å². The van der Waals surface area contributed by atoms with Crippen LogP contribution in [0.15, 0.2) is 42.5 Å². The van der Waals surface area contributed by atoms with E-state index in [0.717, 1.165) is 17.1 Å². The van der Waals surface area contributed by atoms with Crippen molar-refractivity contribution in [2.24, 2.45) is 5.92 Å². The second-order valence-electron chi connectivity index (χ2n) is 5.81. The molecule has 1 aliphatic rings. The standard InChI is InChI=1S/C19H19NO4/c1-12(21)13-3-5-16(6-4-13)20-19(22)15-9-14-10-17(23-2)7-8-18(14)24-11-15/h3-8,10,15H,9,11H2,1-2H3,(H,20,22)/t15-/m0/s1. The number of nitrogens with one attached hydrogen (secondary N) is 1. The number of Topliss-reactive ketones (excluding diaryl/α,β-unsaturated/α-hetero) is 1. The monoisotopic (exact) mass is 325 g/mol. The number of benzene rings is 2. The first kappa shape index (κ1) is 16.1. The van der Waals surface area contributed by atoms with E-state index in [4.69, 9.17) is 9.47 Å². The van der Waals surface area contributed by atoms with Gasteiger partial charge in [-0.05, 0) is 61.4 Å².